The van der Waals surface area contributed by atoms with E-state index in [0.29, 0.717) is 36.2 Å². The van der Waals surface area contributed by atoms with E-state index in [1.165, 1.54) is 0 Å². The van der Waals surface area contributed by atoms with Crippen molar-refractivity contribution in [2.24, 2.45) is 0 Å². The predicted molar refractivity (Wildman–Crippen MR) is 98.7 cm³/mol. The molecule has 1 aromatic carbocycles. The Hall–Kier alpha value is -1.60. The Balaban J connectivity index is 2.21. The van der Waals surface area contributed by atoms with Gasteiger partial charge in [0.25, 0.3) is 0 Å². The van der Waals surface area contributed by atoms with Crippen molar-refractivity contribution >= 4 is 17.7 Å². The molecule has 1 amide bonds. The third-order valence-corrected chi connectivity index (χ3v) is 5.22. The number of methoxy groups -OCH3 is 3. The van der Waals surface area contributed by atoms with E-state index in [9.17, 15) is 4.79 Å². The number of ether oxygens (including phenoxy) is 4. The van der Waals surface area contributed by atoms with E-state index >= 15 is 0 Å². The maximum absolute atomic E-state index is 12.4. The largest absolute Gasteiger partial charge is 0.496 e. The van der Waals surface area contributed by atoms with Gasteiger partial charge in [-0.25, -0.2) is 0 Å². The second kappa shape index (κ2) is 9.77. The second-order valence-corrected chi connectivity index (χ2v) is 6.73. The number of thioether (sulfide) groups is 1. The number of nitrogens with zero attached hydrogens (tertiary/aromatic N) is 1. The SMILES string of the molecule is CCCOCCCN1C(=O)CSC1c1c(OC)cc(OC)cc1OC. The molecule has 6 nitrogen and oxygen atoms in total. The fourth-order valence-electron chi connectivity index (χ4n) is 2.79. The van der Waals surface area contributed by atoms with Crippen LogP contribution in [0.1, 0.15) is 30.7 Å². The van der Waals surface area contributed by atoms with Crippen LogP contribution in [0.4, 0.5) is 0 Å². The van der Waals surface area contributed by atoms with Gasteiger partial charge in [-0.15, -0.1) is 11.8 Å². The van der Waals surface area contributed by atoms with E-state index in [-0.39, 0.29) is 11.3 Å². The van der Waals surface area contributed by atoms with Gasteiger partial charge in [-0.2, -0.15) is 0 Å². The summed E-state index contributed by atoms with van der Waals surface area (Å²) in [6, 6.07) is 3.65. The van der Waals surface area contributed by atoms with Crippen LogP contribution in [-0.2, 0) is 9.53 Å². The van der Waals surface area contributed by atoms with Crippen LogP contribution in [0.5, 0.6) is 17.2 Å². The van der Waals surface area contributed by atoms with Crippen molar-refractivity contribution in [1.82, 2.24) is 4.90 Å². The number of rotatable bonds is 10. The van der Waals surface area contributed by atoms with Crippen LogP contribution in [-0.4, -0.2) is 57.6 Å². The molecule has 0 radical (unpaired) electrons. The Morgan fingerprint density at radius 2 is 1.80 bits per heavy atom. The van der Waals surface area contributed by atoms with Crippen LogP contribution in [0.15, 0.2) is 12.1 Å². The molecule has 1 aliphatic heterocycles. The molecule has 0 saturated carbocycles. The van der Waals surface area contributed by atoms with Crippen molar-refractivity contribution in [3.8, 4) is 17.2 Å². The lowest BCUT2D eigenvalue weighted by Crippen LogP contribution is -2.30. The summed E-state index contributed by atoms with van der Waals surface area (Å²) in [6.45, 7) is 4.15. The smallest absolute Gasteiger partial charge is 0.233 e. The molecule has 1 aliphatic rings. The average Bonchev–Trinajstić information content (AvgIpc) is 3.00. The van der Waals surface area contributed by atoms with Gasteiger partial charge >= 0.3 is 0 Å². The molecule has 0 N–H and O–H groups in total. The molecule has 7 heteroatoms. The highest BCUT2D eigenvalue weighted by atomic mass is 32.2. The summed E-state index contributed by atoms with van der Waals surface area (Å²) >= 11 is 1.59. The number of amides is 1. The zero-order chi connectivity index (χ0) is 18.2. The van der Waals surface area contributed by atoms with E-state index in [0.717, 1.165) is 25.0 Å². The normalized spacial score (nSPS) is 17.0. The highest BCUT2D eigenvalue weighted by Gasteiger charge is 2.36. The summed E-state index contributed by atoms with van der Waals surface area (Å²) in [6.07, 6.45) is 1.81. The quantitative estimate of drug-likeness (QED) is 0.591. The van der Waals surface area contributed by atoms with Crippen LogP contribution in [0.25, 0.3) is 0 Å². The topological polar surface area (TPSA) is 57.2 Å². The molecule has 1 fully saturated rings. The van der Waals surface area contributed by atoms with Gasteiger partial charge in [0.05, 0.1) is 32.6 Å². The highest BCUT2D eigenvalue weighted by molar-refractivity contribution is 8.00. The first-order chi connectivity index (χ1) is 12.2. The van der Waals surface area contributed by atoms with Gasteiger partial charge in [-0.1, -0.05) is 6.92 Å². The van der Waals surface area contributed by atoms with Crippen LogP contribution in [0.3, 0.4) is 0 Å². The third kappa shape index (κ3) is 4.73. The van der Waals surface area contributed by atoms with E-state index < -0.39 is 0 Å². The van der Waals surface area contributed by atoms with E-state index in [1.807, 2.05) is 17.0 Å². The van der Waals surface area contributed by atoms with Crippen molar-refractivity contribution in [3.63, 3.8) is 0 Å². The first-order valence-corrected chi connectivity index (χ1v) is 9.49. The number of carbonyl (C=O) groups excluding carboxylic acids is 1. The summed E-state index contributed by atoms with van der Waals surface area (Å²) in [4.78, 5) is 14.2. The molecule has 1 aromatic rings. The molecule has 1 saturated heterocycles. The van der Waals surface area contributed by atoms with Gasteiger partial charge in [0, 0.05) is 31.9 Å². The van der Waals surface area contributed by atoms with Crippen LogP contribution >= 0.6 is 11.8 Å². The molecular formula is C18H27NO5S. The first kappa shape index (κ1) is 19.7. The monoisotopic (exact) mass is 369 g/mol. The number of carbonyl (C=O) groups is 1. The van der Waals surface area contributed by atoms with Crippen molar-refractivity contribution in [1.29, 1.82) is 0 Å². The third-order valence-electron chi connectivity index (χ3n) is 4.00. The fraction of sp³-hybridized carbons (Fsp3) is 0.611. The summed E-state index contributed by atoms with van der Waals surface area (Å²) in [5.74, 6) is 2.57. The van der Waals surface area contributed by atoms with Crippen molar-refractivity contribution in [2.75, 3.05) is 46.8 Å². The van der Waals surface area contributed by atoms with Crippen molar-refractivity contribution < 1.29 is 23.7 Å². The van der Waals surface area contributed by atoms with Gasteiger partial charge in [0.1, 0.15) is 22.6 Å². The Morgan fingerprint density at radius 1 is 1.12 bits per heavy atom. The fourth-order valence-corrected chi connectivity index (χ4v) is 4.06. The molecule has 0 aliphatic carbocycles. The summed E-state index contributed by atoms with van der Waals surface area (Å²) in [5, 5.41) is -0.130. The first-order valence-electron chi connectivity index (χ1n) is 8.45. The van der Waals surface area contributed by atoms with Crippen LogP contribution in [0.2, 0.25) is 0 Å². The zero-order valence-corrected chi connectivity index (χ0v) is 16.2. The summed E-state index contributed by atoms with van der Waals surface area (Å²) in [7, 11) is 4.83. The average molecular weight is 369 g/mol. The molecule has 0 aromatic heterocycles. The lowest BCUT2D eigenvalue weighted by molar-refractivity contribution is -0.128. The van der Waals surface area contributed by atoms with Gasteiger partial charge in [0.15, 0.2) is 0 Å². The van der Waals surface area contributed by atoms with Crippen LogP contribution in [0, 0.1) is 0 Å². The van der Waals surface area contributed by atoms with E-state index in [2.05, 4.69) is 6.92 Å². The van der Waals surface area contributed by atoms with Gasteiger partial charge < -0.3 is 23.8 Å². The minimum absolute atomic E-state index is 0.130. The number of benzene rings is 1. The standard InChI is InChI=1S/C18H27NO5S/c1-5-8-24-9-6-7-19-16(20)12-25-18(19)17-14(22-3)10-13(21-2)11-15(17)23-4/h10-11,18H,5-9,12H2,1-4H3. The Bertz CT molecular complexity index is 556. The Morgan fingerprint density at radius 3 is 2.36 bits per heavy atom. The molecule has 1 atom stereocenters. The van der Waals surface area contributed by atoms with Gasteiger partial charge in [-0.05, 0) is 12.8 Å². The Labute approximate surface area is 153 Å². The molecule has 0 spiro atoms. The molecular weight excluding hydrogens is 342 g/mol. The van der Waals surface area contributed by atoms with Crippen molar-refractivity contribution in [2.45, 2.75) is 25.1 Å². The van der Waals surface area contributed by atoms with Gasteiger partial charge in [-0.3, -0.25) is 4.79 Å². The minimum atomic E-state index is -0.130. The maximum Gasteiger partial charge on any atom is 0.233 e. The number of hydrogen-bond acceptors (Lipinski definition) is 6. The molecule has 0 bridgehead atoms. The molecule has 140 valence electrons. The van der Waals surface area contributed by atoms with Gasteiger partial charge in [0.2, 0.25) is 5.91 Å². The summed E-state index contributed by atoms with van der Waals surface area (Å²) < 4.78 is 21.9. The molecule has 1 heterocycles. The zero-order valence-electron chi connectivity index (χ0n) is 15.4. The molecule has 2 rings (SSSR count). The maximum atomic E-state index is 12.4. The van der Waals surface area contributed by atoms with E-state index in [4.69, 9.17) is 18.9 Å². The molecule has 25 heavy (non-hydrogen) atoms. The molecule has 1 unspecified atom stereocenters. The number of hydrogen-bond donors (Lipinski definition) is 0. The predicted octanol–water partition coefficient (Wildman–Crippen LogP) is 3.10. The lowest BCUT2D eigenvalue weighted by Gasteiger charge is -2.27. The second-order valence-electron chi connectivity index (χ2n) is 5.66. The Kier molecular flexibility index (Phi) is 7.71. The lowest BCUT2D eigenvalue weighted by atomic mass is 10.1. The van der Waals surface area contributed by atoms with Crippen LogP contribution < -0.4 is 14.2 Å². The van der Waals surface area contributed by atoms with E-state index in [1.54, 1.807) is 33.1 Å². The highest BCUT2D eigenvalue weighted by Crippen LogP contribution is 2.48. The minimum Gasteiger partial charge on any atom is -0.496 e. The summed E-state index contributed by atoms with van der Waals surface area (Å²) in [5.41, 5.74) is 0.871. The van der Waals surface area contributed by atoms with Crippen molar-refractivity contribution in [3.05, 3.63) is 17.7 Å².